The van der Waals surface area contributed by atoms with Crippen LogP contribution in [-0.4, -0.2) is 29.0 Å². The van der Waals surface area contributed by atoms with Crippen molar-refractivity contribution in [2.45, 2.75) is 18.6 Å². The van der Waals surface area contributed by atoms with E-state index in [1.54, 1.807) is 6.92 Å². The first-order valence-electron chi connectivity index (χ1n) is 2.86. The number of aliphatic hydroxyl groups excluding tert-OH is 1. The van der Waals surface area contributed by atoms with Crippen LogP contribution in [0.25, 0.3) is 0 Å². The minimum absolute atomic E-state index is 0.00463. The highest BCUT2D eigenvalue weighted by Gasteiger charge is 2.10. The summed E-state index contributed by atoms with van der Waals surface area (Å²) in [7, 11) is 0. The molecule has 0 aliphatic heterocycles. The molecule has 1 atom stereocenters. The fourth-order valence-corrected chi connectivity index (χ4v) is 1.28. The SMILES string of the molecule is CSC(CCO)C(C)=O. The highest BCUT2D eigenvalue weighted by Crippen LogP contribution is 2.10. The van der Waals surface area contributed by atoms with E-state index < -0.39 is 0 Å². The summed E-state index contributed by atoms with van der Waals surface area (Å²) < 4.78 is 0. The summed E-state index contributed by atoms with van der Waals surface area (Å²) >= 11 is 1.49. The molecule has 0 saturated heterocycles. The number of carbonyl (C=O) groups excluding carboxylic acids is 1. The van der Waals surface area contributed by atoms with E-state index in [4.69, 9.17) is 5.11 Å². The summed E-state index contributed by atoms with van der Waals surface area (Å²) in [4.78, 5) is 10.6. The molecule has 0 aliphatic rings. The van der Waals surface area contributed by atoms with Crippen LogP contribution in [0, 0.1) is 0 Å². The van der Waals surface area contributed by atoms with Crippen molar-refractivity contribution in [2.75, 3.05) is 12.9 Å². The van der Waals surface area contributed by atoms with E-state index in [0.717, 1.165) is 0 Å². The lowest BCUT2D eigenvalue weighted by Gasteiger charge is -2.06. The first kappa shape index (κ1) is 8.98. The molecular formula is C6H12O2S. The van der Waals surface area contributed by atoms with Crippen molar-refractivity contribution in [3.8, 4) is 0 Å². The van der Waals surface area contributed by atoms with Gasteiger partial charge < -0.3 is 5.11 Å². The van der Waals surface area contributed by atoms with Gasteiger partial charge in [-0.2, -0.15) is 11.8 Å². The average Bonchev–Trinajstić information content (AvgIpc) is 1.82. The minimum Gasteiger partial charge on any atom is -0.396 e. The monoisotopic (exact) mass is 148 g/mol. The molecule has 0 amide bonds. The lowest BCUT2D eigenvalue weighted by atomic mass is 10.2. The summed E-state index contributed by atoms with van der Waals surface area (Å²) in [6, 6.07) is 0. The van der Waals surface area contributed by atoms with E-state index in [1.807, 2.05) is 6.26 Å². The first-order valence-corrected chi connectivity index (χ1v) is 4.15. The van der Waals surface area contributed by atoms with E-state index in [0.29, 0.717) is 6.42 Å². The lowest BCUT2D eigenvalue weighted by molar-refractivity contribution is -0.116. The molecule has 0 radical (unpaired) electrons. The van der Waals surface area contributed by atoms with Gasteiger partial charge in [0, 0.05) is 6.61 Å². The van der Waals surface area contributed by atoms with Gasteiger partial charge in [0.1, 0.15) is 5.78 Å². The molecule has 0 saturated carbocycles. The zero-order chi connectivity index (χ0) is 7.28. The maximum Gasteiger partial charge on any atom is 0.142 e. The third-order valence-electron chi connectivity index (χ3n) is 1.13. The van der Waals surface area contributed by atoms with Crippen molar-refractivity contribution in [1.29, 1.82) is 0 Å². The van der Waals surface area contributed by atoms with Crippen LogP contribution in [0.2, 0.25) is 0 Å². The number of rotatable bonds is 4. The largest absolute Gasteiger partial charge is 0.396 e. The third kappa shape index (κ3) is 3.54. The molecule has 3 heteroatoms. The average molecular weight is 148 g/mol. The second kappa shape index (κ2) is 4.82. The Morgan fingerprint density at radius 2 is 2.33 bits per heavy atom. The molecule has 0 aromatic carbocycles. The van der Waals surface area contributed by atoms with Crippen molar-refractivity contribution < 1.29 is 9.90 Å². The zero-order valence-electron chi connectivity index (χ0n) is 5.76. The number of Topliss-reactive ketones (excluding diaryl/α,β-unsaturated/α-hetero) is 1. The highest BCUT2D eigenvalue weighted by atomic mass is 32.2. The van der Waals surface area contributed by atoms with E-state index in [-0.39, 0.29) is 17.6 Å². The Labute approximate surface area is 59.6 Å². The standard InChI is InChI=1S/C6H12O2S/c1-5(8)6(9-2)3-4-7/h6-7H,3-4H2,1-2H3. The molecule has 0 fully saturated rings. The molecule has 0 heterocycles. The maximum absolute atomic E-state index is 10.6. The molecule has 0 bridgehead atoms. The lowest BCUT2D eigenvalue weighted by Crippen LogP contribution is -2.14. The Morgan fingerprint density at radius 1 is 1.78 bits per heavy atom. The van der Waals surface area contributed by atoms with Crippen LogP contribution in [0.1, 0.15) is 13.3 Å². The molecule has 54 valence electrons. The Bertz CT molecular complexity index is 93.1. The van der Waals surface area contributed by atoms with Crippen LogP contribution in [0.4, 0.5) is 0 Å². The summed E-state index contributed by atoms with van der Waals surface area (Å²) in [5, 5.41) is 8.45. The third-order valence-corrected chi connectivity index (χ3v) is 2.27. The van der Waals surface area contributed by atoms with Crippen LogP contribution >= 0.6 is 11.8 Å². The second-order valence-electron chi connectivity index (χ2n) is 1.85. The minimum atomic E-state index is -0.00463. The predicted molar refractivity (Wildman–Crippen MR) is 39.7 cm³/mol. The molecule has 2 nitrogen and oxygen atoms in total. The Morgan fingerprint density at radius 3 is 2.44 bits per heavy atom. The van der Waals surface area contributed by atoms with Gasteiger partial charge in [-0.1, -0.05) is 0 Å². The fraction of sp³-hybridized carbons (Fsp3) is 0.833. The molecule has 0 aliphatic carbocycles. The van der Waals surface area contributed by atoms with Crippen LogP contribution in [0.15, 0.2) is 0 Å². The van der Waals surface area contributed by atoms with Gasteiger partial charge in [-0.05, 0) is 19.6 Å². The molecule has 0 aromatic rings. The van der Waals surface area contributed by atoms with Crippen LogP contribution < -0.4 is 0 Å². The van der Waals surface area contributed by atoms with Crippen LogP contribution in [0.3, 0.4) is 0 Å². The molecule has 9 heavy (non-hydrogen) atoms. The van der Waals surface area contributed by atoms with E-state index in [1.165, 1.54) is 11.8 Å². The first-order chi connectivity index (χ1) is 4.22. The quantitative estimate of drug-likeness (QED) is 0.637. The maximum atomic E-state index is 10.6. The predicted octanol–water partition coefficient (Wildman–Crippen LogP) is 0.689. The number of aliphatic hydroxyl groups is 1. The van der Waals surface area contributed by atoms with Crippen molar-refractivity contribution in [3.63, 3.8) is 0 Å². The molecule has 0 spiro atoms. The normalized spacial score (nSPS) is 13.2. The summed E-state index contributed by atoms with van der Waals surface area (Å²) in [5.41, 5.74) is 0. The molecule has 0 aromatic heterocycles. The van der Waals surface area contributed by atoms with Crippen molar-refractivity contribution >= 4 is 17.5 Å². The number of thioether (sulfide) groups is 1. The van der Waals surface area contributed by atoms with Gasteiger partial charge in [0.2, 0.25) is 0 Å². The van der Waals surface area contributed by atoms with Gasteiger partial charge in [-0.25, -0.2) is 0 Å². The van der Waals surface area contributed by atoms with E-state index in [9.17, 15) is 4.79 Å². The number of ketones is 1. The van der Waals surface area contributed by atoms with Gasteiger partial charge in [0.05, 0.1) is 5.25 Å². The molecule has 0 rings (SSSR count). The number of carbonyl (C=O) groups is 1. The Hall–Kier alpha value is -0.0200. The number of hydrogen-bond acceptors (Lipinski definition) is 3. The van der Waals surface area contributed by atoms with Gasteiger partial charge >= 0.3 is 0 Å². The molecule has 1 unspecified atom stereocenters. The van der Waals surface area contributed by atoms with E-state index in [2.05, 4.69) is 0 Å². The van der Waals surface area contributed by atoms with E-state index >= 15 is 0 Å². The fourth-order valence-electron chi connectivity index (χ4n) is 0.604. The van der Waals surface area contributed by atoms with Gasteiger partial charge in [0.25, 0.3) is 0 Å². The van der Waals surface area contributed by atoms with Crippen molar-refractivity contribution in [1.82, 2.24) is 0 Å². The Kier molecular flexibility index (Phi) is 4.81. The van der Waals surface area contributed by atoms with Crippen LogP contribution in [-0.2, 0) is 4.79 Å². The zero-order valence-corrected chi connectivity index (χ0v) is 6.57. The van der Waals surface area contributed by atoms with Crippen LogP contribution in [0.5, 0.6) is 0 Å². The van der Waals surface area contributed by atoms with Gasteiger partial charge in [-0.15, -0.1) is 0 Å². The van der Waals surface area contributed by atoms with Crippen molar-refractivity contribution in [2.24, 2.45) is 0 Å². The molecular weight excluding hydrogens is 136 g/mol. The molecule has 1 N–H and O–H groups in total. The summed E-state index contributed by atoms with van der Waals surface area (Å²) in [5.74, 6) is 0.150. The second-order valence-corrected chi connectivity index (χ2v) is 2.89. The number of hydrogen-bond donors (Lipinski definition) is 1. The van der Waals surface area contributed by atoms with Crippen molar-refractivity contribution in [3.05, 3.63) is 0 Å². The smallest absolute Gasteiger partial charge is 0.142 e. The summed E-state index contributed by atoms with van der Waals surface area (Å²) in [6.45, 7) is 1.65. The summed E-state index contributed by atoms with van der Waals surface area (Å²) in [6.07, 6.45) is 2.46. The highest BCUT2D eigenvalue weighted by molar-refractivity contribution is 7.99. The van der Waals surface area contributed by atoms with Gasteiger partial charge in [-0.3, -0.25) is 4.79 Å². The topological polar surface area (TPSA) is 37.3 Å². The van der Waals surface area contributed by atoms with Gasteiger partial charge in [0.15, 0.2) is 0 Å². The Balaban J connectivity index is 3.54.